The fourth-order valence-corrected chi connectivity index (χ4v) is 6.84. The molecule has 3 aromatic rings. The Hall–Kier alpha value is -4.64. The number of urea groups is 1. The van der Waals surface area contributed by atoms with Gasteiger partial charge in [-0.3, -0.25) is 29.6 Å². The van der Waals surface area contributed by atoms with E-state index in [0.717, 1.165) is 92.6 Å². The number of hydrogen-bond donors (Lipinski definition) is 0. The molecule has 242 valence electrons. The Labute approximate surface area is 270 Å². The molecule has 0 bridgehead atoms. The van der Waals surface area contributed by atoms with Crippen molar-refractivity contribution in [1.82, 2.24) is 9.80 Å². The van der Waals surface area contributed by atoms with Gasteiger partial charge in [0.25, 0.3) is 5.69 Å². The number of non-ortho nitro benzene ring substituents is 1. The number of carbonyl (C=O) groups is 2. The Morgan fingerprint density at radius 3 is 2.11 bits per heavy atom. The van der Waals surface area contributed by atoms with E-state index < -0.39 is 0 Å². The summed E-state index contributed by atoms with van der Waals surface area (Å²) < 4.78 is 5.23. The predicted octanol–water partition coefficient (Wildman–Crippen LogP) is 5.31. The number of hydrogen-bond acceptors (Lipinski definition) is 8. The van der Waals surface area contributed by atoms with E-state index in [4.69, 9.17) is 4.74 Å². The molecular weight excluding hydrogens is 584 g/mol. The number of benzene rings is 3. The first-order valence-corrected chi connectivity index (χ1v) is 16.1. The number of nitro benzene ring substituents is 1. The van der Waals surface area contributed by atoms with E-state index in [1.807, 2.05) is 49.4 Å². The van der Waals surface area contributed by atoms with Crippen LogP contribution in [0.4, 0.5) is 27.5 Å². The van der Waals surface area contributed by atoms with Crippen molar-refractivity contribution in [1.29, 1.82) is 0 Å². The van der Waals surface area contributed by atoms with Crippen LogP contribution in [0.2, 0.25) is 0 Å². The van der Waals surface area contributed by atoms with E-state index >= 15 is 0 Å². The van der Waals surface area contributed by atoms with Gasteiger partial charge < -0.3 is 14.5 Å². The molecule has 3 amide bonds. The Balaban J connectivity index is 0.996. The van der Waals surface area contributed by atoms with Gasteiger partial charge in [-0.1, -0.05) is 12.1 Å². The minimum atomic E-state index is -0.354. The smallest absolute Gasteiger partial charge is 0.331 e. The number of anilines is 3. The van der Waals surface area contributed by atoms with Crippen molar-refractivity contribution < 1.29 is 19.2 Å². The summed E-state index contributed by atoms with van der Waals surface area (Å²) in [4.78, 5) is 47.2. The summed E-state index contributed by atoms with van der Waals surface area (Å²) in [6.45, 7) is 9.62. The first kappa shape index (κ1) is 31.3. The van der Waals surface area contributed by atoms with Crippen LogP contribution in [0.5, 0.6) is 5.75 Å². The Morgan fingerprint density at radius 2 is 1.48 bits per heavy atom. The molecule has 0 saturated carbocycles. The number of methoxy groups -OCH3 is 1. The Bertz CT molecular complexity index is 1550. The SMILES string of the molecule is COc1ccc(CN2C(=O)CCN(c3ccc(N4CCN(CC5CCN(c6ccc([N+](=O)[O-])cc6)CC5)CC4)cc3C)C2=O)cc1. The average Bonchev–Trinajstić information content (AvgIpc) is 3.08. The maximum Gasteiger partial charge on any atom is 0.331 e. The van der Waals surface area contributed by atoms with Gasteiger partial charge in [-0.15, -0.1) is 0 Å². The largest absolute Gasteiger partial charge is 0.497 e. The molecule has 0 spiro atoms. The summed E-state index contributed by atoms with van der Waals surface area (Å²) in [5, 5.41) is 11.0. The molecule has 3 saturated heterocycles. The van der Waals surface area contributed by atoms with Crippen molar-refractivity contribution in [3.8, 4) is 5.75 Å². The second kappa shape index (κ2) is 13.8. The third-order valence-electron chi connectivity index (χ3n) is 9.58. The molecule has 0 aliphatic carbocycles. The second-order valence-corrected chi connectivity index (χ2v) is 12.5. The molecule has 6 rings (SSSR count). The maximum atomic E-state index is 13.5. The van der Waals surface area contributed by atoms with Gasteiger partial charge in [0.1, 0.15) is 5.75 Å². The number of piperidine rings is 1. The number of amides is 3. The highest BCUT2D eigenvalue weighted by Gasteiger charge is 2.34. The molecule has 3 aliphatic heterocycles. The van der Waals surface area contributed by atoms with Crippen LogP contribution in [0.1, 0.15) is 30.4 Å². The summed E-state index contributed by atoms with van der Waals surface area (Å²) in [7, 11) is 1.61. The number of rotatable bonds is 9. The van der Waals surface area contributed by atoms with E-state index in [-0.39, 0.29) is 29.1 Å². The molecule has 3 aliphatic rings. The number of nitro groups is 1. The summed E-state index contributed by atoms with van der Waals surface area (Å²) in [5.74, 6) is 1.23. The third-order valence-corrected chi connectivity index (χ3v) is 9.58. The number of carbonyl (C=O) groups excluding carboxylic acids is 2. The lowest BCUT2D eigenvalue weighted by Gasteiger charge is -2.40. The fraction of sp³-hybridized carbons (Fsp3) is 0.429. The minimum absolute atomic E-state index is 0.131. The summed E-state index contributed by atoms with van der Waals surface area (Å²) in [6.07, 6.45) is 2.54. The lowest BCUT2D eigenvalue weighted by atomic mass is 9.95. The minimum Gasteiger partial charge on any atom is -0.497 e. The van der Waals surface area contributed by atoms with Crippen LogP contribution < -0.4 is 19.4 Å². The van der Waals surface area contributed by atoms with Crippen LogP contribution in [0, 0.1) is 23.0 Å². The summed E-state index contributed by atoms with van der Waals surface area (Å²) >= 11 is 0. The molecule has 3 heterocycles. The Morgan fingerprint density at radius 1 is 0.826 bits per heavy atom. The highest BCUT2D eigenvalue weighted by atomic mass is 16.6. The number of piperazine rings is 1. The molecule has 3 aromatic carbocycles. The zero-order valence-electron chi connectivity index (χ0n) is 26.6. The van der Waals surface area contributed by atoms with Crippen molar-refractivity contribution >= 4 is 34.7 Å². The van der Waals surface area contributed by atoms with E-state index in [9.17, 15) is 19.7 Å². The van der Waals surface area contributed by atoms with Crippen LogP contribution in [-0.2, 0) is 11.3 Å². The van der Waals surface area contributed by atoms with Gasteiger partial charge in [0.05, 0.1) is 18.6 Å². The van der Waals surface area contributed by atoms with Crippen LogP contribution >= 0.6 is 0 Å². The quantitative estimate of drug-likeness (QED) is 0.233. The van der Waals surface area contributed by atoms with Crippen molar-refractivity contribution in [2.45, 2.75) is 32.7 Å². The van der Waals surface area contributed by atoms with Gasteiger partial charge in [-0.25, -0.2) is 4.79 Å². The monoisotopic (exact) mass is 626 g/mol. The average molecular weight is 627 g/mol. The highest BCUT2D eigenvalue weighted by Crippen LogP contribution is 2.31. The van der Waals surface area contributed by atoms with Crippen LogP contribution in [0.3, 0.4) is 0 Å². The van der Waals surface area contributed by atoms with Crippen molar-refractivity contribution in [2.24, 2.45) is 5.92 Å². The Kier molecular flexibility index (Phi) is 9.39. The molecule has 0 atom stereocenters. The molecule has 0 N–H and O–H groups in total. The van der Waals surface area contributed by atoms with Gasteiger partial charge in [0.15, 0.2) is 0 Å². The third kappa shape index (κ3) is 6.94. The standard InChI is InChI=1S/C35H42N6O5/c1-26-23-31(9-12-33(26)39-18-15-34(42)40(35(39)43)25-27-3-10-32(46-2)11-4-27)38-21-19-36(20-22-38)24-28-13-16-37(17-14-28)29-5-7-30(8-6-29)41(44)45/h3-12,23,28H,13-22,24-25H2,1-2H3. The second-order valence-electron chi connectivity index (χ2n) is 12.5. The van der Waals surface area contributed by atoms with Gasteiger partial charge in [-0.05, 0) is 79.3 Å². The first-order chi connectivity index (χ1) is 22.3. The summed E-state index contributed by atoms with van der Waals surface area (Å²) in [6, 6.07) is 20.3. The van der Waals surface area contributed by atoms with Gasteiger partial charge >= 0.3 is 6.03 Å². The number of ether oxygens (including phenoxy) is 1. The molecule has 0 unspecified atom stereocenters. The molecule has 0 aromatic heterocycles. The van der Waals surface area contributed by atoms with E-state index in [0.29, 0.717) is 18.9 Å². The van der Waals surface area contributed by atoms with Crippen molar-refractivity contribution in [3.05, 3.63) is 88.0 Å². The van der Waals surface area contributed by atoms with Gasteiger partial charge in [0.2, 0.25) is 5.91 Å². The van der Waals surface area contributed by atoms with E-state index in [2.05, 4.69) is 26.8 Å². The lowest BCUT2D eigenvalue weighted by Crippen LogP contribution is -2.52. The fourth-order valence-electron chi connectivity index (χ4n) is 6.84. The van der Waals surface area contributed by atoms with Gasteiger partial charge in [0, 0.05) is 88.0 Å². The molecular formula is C35H42N6O5. The normalized spacial score (nSPS) is 18.3. The summed E-state index contributed by atoms with van der Waals surface area (Å²) in [5.41, 5.74) is 5.09. The highest BCUT2D eigenvalue weighted by molar-refractivity contribution is 6.06. The van der Waals surface area contributed by atoms with E-state index in [1.165, 1.54) is 4.90 Å². The van der Waals surface area contributed by atoms with Crippen LogP contribution in [-0.4, -0.2) is 86.1 Å². The topological polar surface area (TPSA) is 103 Å². The van der Waals surface area contributed by atoms with Crippen molar-refractivity contribution in [2.75, 3.05) is 74.2 Å². The molecule has 11 heteroatoms. The number of imide groups is 1. The maximum absolute atomic E-state index is 13.5. The molecule has 0 radical (unpaired) electrons. The number of nitrogens with zero attached hydrogens (tertiary/aromatic N) is 6. The van der Waals surface area contributed by atoms with Crippen molar-refractivity contribution in [3.63, 3.8) is 0 Å². The molecule has 46 heavy (non-hydrogen) atoms. The van der Waals surface area contributed by atoms with Crippen LogP contribution in [0.15, 0.2) is 66.7 Å². The zero-order chi connectivity index (χ0) is 32.2. The van der Waals surface area contributed by atoms with E-state index in [1.54, 1.807) is 24.1 Å². The number of aryl methyl sites for hydroxylation is 1. The predicted molar refractivity (Wildman–Crippen MR) is 179 cm³/mol. The molecule has 3 fully saturated rings. The van der Waals surface area contributed by atoms with Crippen LogP contribution in [0.25, 0.3) is 0 Å². The zero-order valence-corrected chi connectivity index (χ0v) is 26.6. The first-order valence-electron chi connectivity index (χ1n) is 16.1. The molecule has 11 nitrogen and oxygen atoms in total. The van der Waals surface area contributed by atoms with Gasteiger partial charge in [-0.2, -0.15) is 0 Å². The lowest BCUT2D eigenvalue weighted by molar-refractivity contribution is -0.384.